The van der Waals surface area contributed by atoms with Crippen LogP contribution in [0.3, 0.4) is 0 Å². The monoisotopic (exact) mass is 270 g/mol. The van der Waals surface area contributed by atoms with Gasteiger partial charge in [0.05, 0.1) is 12.1 Å². The van der Waals surface area contributed by atoms with Gasteiger partial charge >= 0.3 is 0 Å². The van der Waals surface area contributed by atoms with Crippen LogP contribution in [0, 0.1) is 11.6 Å². The summed E-state index contributed by atoms with van der Waals surface area (Å²) >= 11 is 0. The van der Waals surface area contributed by atoms with Gasteiger partial charge in [0, 0.05) is 12.6 Å². The number of aliphatic hydroxyl groups is 1. The predicted molar refractivity (Wildman–Crippen MR) is 69.8 cm³/mol. The third kappa shape index (κ3) is 3.49. The van der Waals surface area contributed by atoms with E-state index in [0.29, 0.717) is 12.1 Å². The average molecular weight is 270 g/mol. The number of aliphatic hydroxyl groups excluding tert-OH is 1. The van der Waals surface area contributed by atoms with E-state index in [-0.39, 0.29) is 6.04 Å². The first-order valence-electron chi connectivity index (χ1n) is 6.50. The molecule has 1 saturated heterocycles. The van der Waals surface area contributed by atoms with Crippen LogP contribution >= 0.6 is 0 Å². The van der Waals surface area contributed by atoms with Crippen LogP contribution < -0.4 is 0 Å². The summed E-state index contributed by atoms with van der Waals surface area (Å²) < 4.78 is 26.5. The highest BCUT2D eigenvalue weighted by molar-refractivity contribution is 5.21. The van der Waals surface area contributed by atoms with Crippen LogP contribution in [0.4, 0.5) is 8.78 Å². The van der Waals surface area contributed by atoms with Crippen LogP contribution in [-0.2, 0) is 0 Å². The summed E-state index contributed by atoms with van der Waals surface area (Å²) in [5.41, 5.74) is 0.296. The highest BCUT2D eigenvalue weighted by atomic mass is 19.1. The summed E-state index contributed by atoms with van der Waals surface area (Å²) in [6.45, 7) is 2.50. The van der Waals surface area contributed by atoms with Crippen molar-refractivity contribution in [3.63, 3.8) is 0 Å². The van der Waals surface area contributed by atoms with Crippen LogP contribution in [-0.4, -0.2) is 54.7 Å². The van der Waals surface area contributed by atoms with Crippen molar-refractivity contribution in [3.05, 3.63) is 35.4 Å². The van der Waals surface area contributed by atoms with Crippen LogP contribution in [0.15, 0.2) is 18.2 Å². The SMILES string of the molecule is CN1CCCN(C)C(C(O)c2cc(F)cc(F)c2)C1. The number of halogens is 2. The standard InChI is InChI=1S/C14H20F2N2O/c1-17-4-3-5-18(2)13(9-17)14(19)10-6-11(15)8-12(16)7-10/h6-8,13-14,19H,3-5,9H2,1-2H3. The fourth-order valence-electron chi connectivity index (χ4n) is 2.61. The molecule has 0 spiro atoms. The van der Waals surface area contributed by atoms with Crippen molar-refractivity contribution in [3.8, 4) is 0 Å². The number of hydrogen-bond donors (Lipinski definition) is 1. The summed E-state index contributed by atoms with van der Waals surface area (Å²) in [6, 6.07) is 3.06. The first kappa shape index (κ1) is 14.4. The molecule has 1 aromatic rings. The van der Waals surface area contributed by atoms with Crippen molar-refractivity contribution < 1.29 is 13.9 Å². The van der Waals surface area contributed by atoms with Gasteiger partial charge in [-0.25, -0.2) is 8.78 Å². The zero-order valence-electron chi connectivity index (χ0n) is 11.3. The summed E-state index contributed by atoms with van der Waals surface area (Å²) in [4.78, 5) is 4.18. The van der Waals surface area contributed by atoms with E-state index in [0.717, 1.165) is 25.6 Å². The van der Waals surface area contributed by atoms with Gasteiger partial charge in [0.15, 0.2) is 0 Å². The Hall–Kier alpha value is -1.04. The minimum absolute atomic E-state index is 0.159. The summed E-state index contributed by atoms with van der Waals surface area (Å²) in [6.07, 6.45) is 0.129. The Balaban J connectivity index is 2.22. The molecule has 0 amide bonds. The second-order valence-electron chi connectivity index (χ2n) is 5.31. The largest absolute Gasteiger partial charge is 0.387 e. The molecule has 0 saturated carbocycles. The van der Waals surface area contributed by atoms with Crippen molar-refractivity contribution in [2.75, 3.05) is 33.7 Å². The lowest BCUT2D eigenvalue weighted by Crippen LogP contribution is -2.42. The molecule has 1 heterocycles. The van der Waals surface area contributed by atoms with Gasteiger partial charge in [0.1, 0.15) is 11.6 Å². The van der Waals surface area contributed by atoms with Gasteiger partial charge in [-0.3, -0.25) is 4.90 Å². The third-order valence-corrected chi connectivity index (χ3v) is 3.71. The van der Waals surface area contributed by atoms with E-state index in [2.05, 4.69) is 9.80 Å². The Morgan fingerprint density at radius 1 is 1.16 bits per heavy atom. The smallest absolute Gasteiger partial charge is 0.126 e. The fourth-order valence-corrected chi connectivity index (χ4v) is 2.61. The summed E-state index contributed by atoms with van der Waals surface area (Å²) in [7, 11) is 3.92. The third-order valence-electron chi connectivity index (χ3n) is 3.71. The molecule has 0 bridgehead atoms. The van der Waals surface area contributed by atoms with Gasteiger partial charge in [0.25, 0.3) is 0 Å². The molecule has 2 atom stereocenters. The van der Waals surface area contributed by atoms with Crippen molar-refractivity contribution in [1.82, 2.24) is 9.80 Å². The Morgan fingerprint density at radius 2 is 1.79 bits per heavy atom. The molecule has 5 heteroatoms. The number of benzene rings is 1. The van der Waals surface area contributed by atoms with Gasteiger partial charge in [-0.05, 0) is 51.3 Å². The highest BCUT2D eigenvalue weighted by Gasteiger charge is 2.28. The maximum atomic E-state index is 13.2. The second kappa shape index (κ2) is 5.94. The van der Waals surface area contributed by atoms with E-state index in [1.165, 1.54) is 12.1 Å². The van der Waals surface area contributed by atoms with Gasteiger partial charge in [-0.1, -0.05) is 0 Å². The van der Waals surface area contributed by atoms with Gasteiger partial charge < -0.3 is 10.0 Å². The van der Waals surface area contributed by atoms with Crippen LogP contribution in [0.2, 0.25) is 0 Å². The molecule has 0 aromatic heterocycles. The maximum Gasteiger partial charge on any atom is 0.126 e. The van der Waals surface area contributed by atoms with Crippen molar-refractivity contribution in [1.29, 1.82) is 0 Å². The number of rotatable bonds is 2. The Bertz CT molecular complexity index is 421. The Morgan fingerprint density at radius 3 is 2.42 bits per heavy atom. The molecule has 1 aliphatic rings. The minimum atomic E-state index is -0.893. The second-order valence-corrected chi connectivity index (χ2v) is 5.31. The average Bonchev–Trinajstić information content (AvgIpc) is 2.49. The van der Waals surface area contributed by atoms with Crippen LogP contribution in [0.25, 0.3) is 0 Å². The van der Waals surface area contributed by atoms with Crippen molar-refractivity contribution >= 4 is 0 Å². The van der Waals surface area contributed by atoms with Gasteiger partial charge in [-0.2, -0.15) is 0 Å². The zero-order valence-corrected chi connectivity index (χ0v) is 11.3. The minimum Gasteiger partial charge on any atom is -0.387 e. The number of likely N-dealkylation sites (N-methyl/N-ethyl adjacent to an activating group) is 2. The first-order valence-corrected chi connectivity index (χ1v) is 6.50. The van der Waals surface area contributed by atoms with E-state index >= 15 is 0 Å². The van der Waals surface area contributed by atoms with E-state index in [4.69, 9.17) is 0 Å². The Labute approximate surface area is 112 Å². The van der Waals surface area contributed by atoms with Gasteiger partial charge in [0.2, 0.25) is 0 Å². The maximum absolute atomic E-state index is 13.2. The molecule has 0 radical (unpaired) electrons. The van der Waals surface area contributed by atoms with E-state index in [1.807, 2.05) is 14.1 Å². The number of nitrogens with zero attached hydrogens (tertiary/aromatic N) is 2. The first-order chi connectivity index (χ1) is 8.97. The molecule has 1 aliphatic heterocycles. The number of hydrogen-bond acceptors (Lipinski definition) is 3. The zero-order chi connectivity index (χ0) is 14.0. The van der Waals surface area contributed by atoms with Crippen molar-refractivity contribution in [2.24, 2.45) is 0 Å². The lowest BCUT2D eigenvalue weighted by Gasteiger charge is -2.31. The fraction of sp³-hybridized carbons (Fsp3) is 0.571. The molecule has 1 N–H and O–H groups in total. The van der Waals surface area contributed by atoms with Crippen LogP contribution in [0.5, 0.6) is 0 Å². The quantitative estimate of drug-likeness (QED) is 0.885. The molecule has 19 heavy (non-hydrogen) atoms. The molecule has 3 nitrogen and oxygen atoms in total. The molecule has 106 valence electrons. The lowest BCUT2D eigenvalue weighted by molar-refractivity contribution is 0.0568. The summed E-state index contributed by atoms with van der Waals surface area (Å²) in [5, 5.41) is 10.4. The van der Waals surface area contributed by atoms with Crippen molar-refractivity contribution in [2.45, 2.75) is 18.6 Å². The molecular formula is C14H20F2N2O. The molecule has 2 unspecified atom stereocenters. The summed E-state index contributed by atoms with van der Waals surface area (Å²) in [5.74, 6) is -1.31. The van der Waals surface area contributed by atoms with Crippen LogP contribution in [0.1, 0.15) is 18.1 Å². The highest BCUT2D eigenvalue weighted by Crippen LogP contribution is 2.24. The lowest BCUT2D eigenvalue weighted by atomic mass is 10.0. The van der Waals surface area contributed by atoms with E-state index in [9.17, 15) is 13.9 Å². The molecule has 2 rings (SSSR count). The normalized spacial score (nSPS) is 24.2. The Kier molecular flexibility index (Phi) is 4.50. The van der Waals surface area contributed by atoms with E-state index < -0.39 is 17.7 Å². The predicted octanol–water partition coefficient (Wildman–Crippen LogP) is 1.63. The topological polar surface area (TPSA) is 26.7 Å². The van der Waals surface area contributed by atoms with E-state index in [1.54, 1.807) is 0 Å². The van der Waals surface area contributed by atoms with Gasteiger partial charge in [-0.15, -0.1) is 0 Å². The molecular weight excluding hydrogens is 250 g/mol. The molecule has 1 aromatic carbocycles. The molecule has 0 aliphatic carbocycles. The molecule has 1 fully saturated rings.